The van der Waals surface area contributed by atoms with Crippen molar-refractivity contribution in [2.75, 3.05) is 35.1 Å². The third kappa shape index (κ3) is 9.51. The maximum absolute atomic E-state index is 13.8. The van der Waals surface area contributed by atoms with E-state index in [-0.39, 0.29) is 55.1 Å². The quantitative estimate of drug-likeness (QED) is 0.0744. The van der Waals surface area contributed by atoms with Gasteiger partial charge in [-0.15, -0.1) is 0 Å². The van der Waals surface area contributed by atoms with Crippen LogP contribution in [-0.2, 0) is 20.0 Å². The first-order valence-corrected chi connectivity index (χ1v) is 23.4. The molecule has 0 atom stereocenters. The number of carbonyl (C=O) groups is 1. The van der Waals surface area contributed by atoms with Gasteiger partial charge in [0, 0.05) is 44.8 Å². The summed E-state index contributed by atoms with van der Waals surface area (Å²) in [5, 5.41) is 19.7. The van der Waals surface area contributed by atoms with E-state index in [2.05, 4.69) is 31.6 Å². The normalized spacial score (nSPS) is 11.2. The molecule has 0 fully saturated rings. The van der Waals surface area contributed by atoms with Crippen LogP contribution in [0.5, 0.6) is 11.5 Å². The molecule has 68 heavy (non-hydrogen) atoms. The van der Waals surface area contributed by atoms with Gasteiger partial charge in [0.1, 0.15) is 46.4 Å². The number of aromatic nitrogens is 2. The van der Waals surface area contributed by atoms with E-state index >= 15 is 0 Å². The van der Waals surface area contributed by atoms with Crippen LogP contribution in [0.4, 0.5) is 23.0 Å². The zero-order valence-corrected chi connectivity index (χ0v) is 37.8. The summed E-state index contributed by atoms with van der Waals surface area (Å²) in [6.45, 7) is 0. The predicted molar refractivity (Wildman–Crippen MR) is 260 cm³/mol. The highest BCUT2D eigenvalue weighted by Crippen LogP contribution is 2.35. The third-order valence-electron chi connectivity index (χ3n) is 10.8. The number of nitrogens with zero attached hydrogens (tertiary/aromatic N) is 4. The van der Waals surface area contributed by atoms with Crippen molar-refractivity contribution in [2.24, 2.45) is 0 Å². The number of sulfonamides is 2. The SMILES string of the molecule is COc1cccc(-c2cc(-c3ccc(NS(=O)(=O)c4cccc(C(=O)c5cccc(S(=O)(=O)Nc6ccc(-c7cc(-c8cccc(OC)c8)c(C#N)c(N)n7)cc6)c5)c4)cc3)nc(N)c2C#N)c1. The van der Waals surface area contributed by atoms with Gasteiger partial charge in [-0.2, -0.15) is 10.5 Å². The van der Waals surface area contributed by atoms with E-state index in [1.165, 1.54) is 48.5 Å². The van der Waals surface area contributed by atoms with Gasteiger partial charge in [0.05, 0.1) is 35.4 Å². The van der Waals surface area contributed by atoms with E-state index in [0.29, 0.717) is 56.3 Å². The Labute approximate surface area is 392 Å². The standard InChI is InChI=1S/C51H38N8O7S2/c1-65-39-11-3-7-33(23-39)43-27-47(56-50(54)45(43)29-52)31-15-19-37(20-16-31)58-67(61,62)41-13-5-9-35(25-41)49(60)36-10-6-14-42(26-36)68(63,64)59-38-21-17-32(18-22-38)48-28-44(46(30-53)51(55)57-48)34-8-4-12-40(24-34)66-2/h3-28,58-59H,1-2H3,(H2,54,56)(H2,55,57). The van der Waals surface area contributed by atoms with Crippen LogP contribution in [0.1, 0.15) is 27.0 Å². The number of benzene rings is 6. The first-order chi connectivity index (χ1) is 32.7. The van der Waals surface area contributed by atoms with Gasteiger partial charge in [0.25, 0.3) is 20.0 Å². The van der Waals surface area contributed by atoms with Gasteiger partial charge in [-0.05, 0) is 96.1 Å². The molecule has 0 unspecified atom stereocenters. The lowest BCUT2D eigenvalue weighted by atomic mass is 9.98. The first-order valence-electron chi connectivity index (χ1n) is 20.4. The molecule has 6 aromatic carbocycles. The monoisotopic (exact) mass is 938 g/mol. The summed E-state index contributed by atoms with van der Waals surface area (Å²) in [5.41, 5.74) is 17.9. The van der Waals surface area contributed by atoms with Crippen LogP contribution in [0.2, 0.25) is 0 Å². The van der Waals surface area contributed by atoms with Crippen molar-refractivity contribution in [3.05, 3.63) is 180 Å². The van der Waals surface area contributed by atoms with Gasteiger partial charge in [0.2, 0.25) is 0 Å². The number of carbonyl (C=O) groups excluding carboxylic acids is 1. The number of methoxy groups -OCH3 is 2. The van der Waals surface area contributed by atoms with E-state index in [9.17, 15) is 32.2 Å². The van der Waals surface area contributed by atoms with Crippen LogP contribution in [0.25, 0.3) is 44.8 Å². The molecule has 6 N–H and O–H groups in total. The predicted octanol–water partition coefficient (Wildman–Crippen LogP) is 8.90. The summed E-state index contributed by atoms with van der Waals surface area (Å²) in [5.74, 6) is 0.634. The highest BCUT2D eigenvalue weighted by Gasteiger charge is 2.22. The maximum atomic E-state index is 13.8. The van der Waals surface area contributed by atoms with Gasteiger partial charge < -0.3 is 20.9 Å². The Bertz CT molecular complexity index is 3360. The Morgan fingerprint density at radius 2 is 0.897 bits per heavy atom. The van der Waals surface area contributed by atoms with Crippen molar-refractivity contribution in [1.82, 2.24) is 9.97 Å². The van der Waals surface area contributed by atoms with Gasteiger partial charge in [-0.25, -0.2) is 26.8 Å². The molecule has 0 bridgehead atoms. The van der Waals surface area contributed by atoms with Crippen LogP contribution < -0.4 is 30.4 Å². The molecular weight excluding hydrogens is 901 g/mol. The van der Waals surface area contributed by atoms with E-state index in [1.807, 2.05) is 12.1 Å². The Kier molecular flexibility index (Phi) is 12.6. The van der Waals surface area contributed by atoms with Gasteiger partial charge in [0.15, 0.2) is 5.78 Å². The number of anilines is 4. The molecule has 336 valence electrons. The summed E-state index contributed by atoms with van der Waals surface area (Å²) in [7, 11) is -5.37. The smallest absolute Gasteiger partial charge is 0.261 e. The molecule has 0 amide bonds. The lowest BCUT2D eigenvalue weighted by molar-refractivity contribution is 0.103. The molecule has 2 aromatic heterocycles. The second-order valence-corrected chi connectivity index (χ2v) is 18.4. The van der Waals surface area contributed by atoms with Gasteiger partial charge >= 0.3 is 0 Å². The Balaban J connectivity index is 0.967. The summed E-state index contributed by atoms with van der Waals surface area (Å²) in [6.07, 6.45) is 0. The van der Waals surface area contributed by atoms with Gasteiger partial charge in [-0.1, -0.05) is 72.8 Å². The second-order valence-electron chi connectivity index (χ2n) is 15.1. The van der Waals surface area contributed by atoms with Crippen LogP contribution in [-0.4, -0.2) is 46.8 Å². The number of nitrogens with two attached hydrogens (primary N) is 2. The summed E-state index contributed by atoms with van der Waals surface area (Å²) < 4.78 is 70.3. The molecule has 15 nitrogen and oxygen atoms in total. The lowest BCUT2D eigenvalue weighted by Gasteiger charge is -2.13. The minimum absolute atomic E-state index is 0.00393. The Morgan fingerprint density at radius 1 is 0.515 bits per heavy atom. The minimum Gasteiger partial charge on any atom is -0.497 e. The fourth-order valence-electron chi connectivity index (χ4n) is 7.32. The van der Waals surface area contributed by atoms with Crippen molar-refractivity contribution < 1.29 is 31.1 Å². The molecule has 0 spiro atoms. The molecule has 0 saturated heterocycles. The van der Waals surface area contributed by atoms with Crippen molar-refractivity contribution >= 4 is 48.8 Å². The van der Waals surface area contributed by atoms with Crippen LogP contribution in [0.3, 0.4) is 0 Å². The topological polar surface area (TPSA) is 253 Å². The minimum atomic E-state index is -4.22. The summed E-state index contributed by atoms with van der Waals surface area (Å²) >= 11 is 0. The zero-order chi connectivity index (χ0) is 48.2. The number of pyridine rings is 2. The third-order valence-corrected chi connectivity index (χ3v) is 13.5. The van der Waals surface area contributed by atoms with Crippen LogP contribution >= 0.6 is 0 Å². The number of hydrogen-bond acceptors (Lipinski definition) is 13. The molecule has 0 radical (unpaired) electrons. The van der Waals surface area contributed by atoms with Crippen LogP contribution in [0.15, 0.2) is 168 Å². The Hall–Kier alpha value is -9.03. The lowest BCUT2D eigenvalue weighted by Crippen LogP contribution is -2.15. The van der Waals surface area contributed by atoms with Crippen molar-refractivity contribution in [3.63, 3.8) is 0 Å². The molecule has 0 aliphatic carbocycles. The zero-order valence-electron chi connectivity index (χ0n) is 36.1. The molecular formula is C51H38N8O7S2. The number of hydrogen-bond donors (Lipinski definition) is 4. The van der Waals surface area contributed by atoms with Crippen molar-refractivity contribution in [1.29, 1.82) is 10.5 Å². The molecule has 0 saturated carbocycles. The van der Waals surface area contributed by atoms with E-state index in [0.717, 1.165) is 0 Å². The number of ether oxygens (including phenoxy) is 2. The van der Waals surface area contributed by atoms with Gasteiger partial charge in [-0.3, -0.25) is 14.2 Å². The fourth-order valence-corrected chi connectivity index (χ4v) is 9.53. The van der Waals surface area contributed by atoms with E-state index in [1.54, 1.807) is 111 Å². The second kappa shape index (κ2) is 18.8. The number of ketones is 1. The van der Waals surface area contributed by atoms with Crippen molar-refractivity contribution in [3.8, 4) is 68.4 Å². The fraction of sp³-hybridized carbons (Fsp3) is 0.0392. The average Bonchev–Trinajstić information content (AvgIpc) is 3.36. The molecule has 0 aliphatic rings. The molecule has 8 aromatic rings. The highest BCUT2D eigenvalue weighted by molar-refractivity contribution is 7.93. The van der Waals surface area contributed by atoms with E-state index in [4.69, 9.17) is 20.9 Å². The number of nitriles is 2. The largest absolute Gasteiger partial charge is 0.497 e. The molecule has 17 heteroatoms. The van der Waals surface area contributed by atoms with E-state index < -0.39 is 25.8 Å². The highest BCUT2D eigenvalue weighted by atomic mass is 32.2. The molecule has 8 rings (SSSR count). The average molecular weight is 939 g/mol. The van der Waals surface area contributed by atoms with Crippen LogP contribution in [0, 0.1) is 22.7 Å². The summed E-state index contributed by atoms with van der Waals surface area (Å²) in [4.78, 5) is 22.2. The summed E-state index contributed by atoms with van der Waals surface area (Å²) in [6, 6.07) is 45.6. The number of rotatable bonds is 14. The molecule has 2 heterocycles. The number of nitrogen functional groups attached to an aromatic ring is 2. The first kappa shape index (κ1) is 45.5. The number of nitrogens with one attached hydrogen (secondary N) is 2. The molecule has 0 aliphatic heterocycles. The Morgan fingerprint density at radius 3 is 1.26 bits per heavy atom. The van der Waals surface area contributed by atoms with Crippen molar-refractivity contribution in [2.45, 2.75) is 9.79 Å². The maximum Gasteiger partial charge on any atom is 0.261 e.